The first-order valence-corrected chi connectivity index (χ1v) is 5.28. The summed E-state index contributed by atoms with van der Waals surface area (Å²) in [4.78, 5) is 27.4. The number of carbonyl (C=O) groups excluding carboxylic acids is 1. The second kappa shape index (κ2) is 4.88. The molecule has 1 aromatic rings. The largest absolute Gasteiger partial charge is 0.481 e. The van der Waals surface area contributed by atoms with E-state index >= 15 is 0 Å². The second-order valence-electron chi connectivity index (χ2n) is 3.12. The number of hydrogen-bond donors (Lipinski definition) is 1. The zero-order valence-electron chi connectivity index (χ0n) is 8.56. The van der Waals surface area contributed by atoms with Gasteiger partial charge in [-0.05, 0) is 6.92 Å². The summed E-state index contributed by atoms with van der Waals surface area (Å²) in [5.41, 5.74) is 0.380. The summed E-state index contributed by atoms with van der Waals surface area (Å²) < 4.78 is 0. The third-order valence-electron chi connectivity index (χ3n) is 1.85. The highest BCUT2D eigenvalue weighted by Crippen LogP contribution is 2.09. The van der Waals surface area contributed by atoms with Gasteiger partial charge in [0.2, 0.25) is 0 Å². The van der Waals surface area contributed by atoms with Crippen LogP contribution in [0.5, 0.6) is 0 Å². The van der Waals surface area contributed by atoms with Gasteiger partial charge in [0.05, 0.1) is 11.4 Å². The van der Waals surface area contributed by atoms with Crippen LogP contribution in [0.4, 0.5) is 0 Å². The maximum atomic E-state index is 11.6. The number of thiazole rings is 1. The lowest BCUT2D eigenvalue weighted by atomic mass is 10.3. The summed E-state index contributed by atoms with van der Waals surface area (Å²) in [6.45, 7) is 2.02. The van der Waals surface area contributed by atoms with E-state index in [1.165, 1.54) is 16.2 Å². The normalized spacial score (nSPS) is 10.0. The highest BCUT2D eigenvalue weighted by molar-refractivity contribution is 7.09. The van der Waals surface area contributed by atoms with Gasteiger partial charge >= 0.3 is 5.97 Å². The van der Waals surface area contributed by atoms with Crippen LogP contribution in [0.25, 0.3) is 0 Å². The molecule has 0 unspecified atom stereocenters. The SMILES string of the molecule is Cc1nc(C(=O)N(C)CCC(=O)O)cs1. The van der Waals surface area contributed by atoms with Crippen LogP contribution in [-0.2, 0) is 4.79 Å². The van der Waals surface area contributed by atoms with Crippen molar-refractivity contribution in [3.63, 3.8) is 0 Å². The molecule has 1 rings (SSSR count). The summed E-state index contributed by atoms with van der Waals surface area (Å²) in [5.74, 6) is -1.15. The zero-order valence-corrected chi connectivity index (χ0v) is 9.37. The van der Waals surface area contributed by atoms with Crippen molar-refractivity contribution >= 4 is 23.2 Å². The fraction of sp³-hybridized carbons (Fsp3) is 0.444. The van der Waals surface area contributed by atoms with Gasteiger partial charge in [-0.1, -0.05) is 0 Å². The van der Waals surface area contributed by atoms with E-state index in [-0.39, 0.29) is 18.9 Å². The predicted octanol–water partition coefficient (Wildman–Crippen LogP) is 0.998. The topological polar surface area (TPSA) is 70.5 Å². The molecule has 1 N–H and O–H groups in total. The molecule has 6 heteroatoms. The van der Waals surface area contributed by atoms with E-state index in [9.17, 15) is 9.59 Å². The van der Waals surface area contributed by atoms with Crippen molar-refractivity contribution in [3.05, 3.63) is 16.1 Å². The van der Waals surface area contributed by atoms with E-state index in [0.717, 1.165) is 5.01 Å². The number of carboxylic acids is 1. The summed E-state index contributed by atoms with van der Waals surface area (Å²) in [7, 11) is 1.57. The predicted molar refractivity (Wildman–Crippen MR) is 56.1 cm³/mol. The number of rotatable bonds is 4. The van der Waals surface area contributed by atoms with Crippen LogP contribution in [0.15, 0.2) is 5.38 Å². The van der Waals surface area contributed by atoms with Gasteiger partial charge < -0.3 is 10.0 Å². The lowest BCUT2D eigenvalue weighted by Crippen LogP contribution is -2.29. The van der Waals surface area contributed by atoms with Gasteiger partial charge in [0.1, 0.15) is 5.69 Å². The molecular formula is C9H12N2O3S. The third-order valence-corrected chi connectivity index (χ3v) is 2.62. The van der Waals surface area contributed by atoms with E-state index in [4.69, 9.17) is 5.11 Å². The van der Waals surface area contributed by atoms with Crippen LogP contribution >= 0.6 is 11.3 Å². The van der Waals surface area contributed by atoms with Crippen molar-refractivity contribution < 1.29 is 14.7 Å². The molecule has 0 saturated heterocycles. The molecule has 0 bridgehead atoms. The molecule has 0 aromatic carbocycles. The van der Waals surface area contributed by atoms with Gasteiger partial charge in [-0.3, -0.25) is 9.59 Å². The van der Waals surface area contributed by atoms with E-state index in [0.29, 0.717) is 5.69 Å². The molecule has 1 aromatic heterocycles. The molecular weight excluding hydrogens is 216 g/mol. The maximum absolute atomic E-state index is 11.6. The number of aryl methyl sites for hydroxylation is 1. The number of nitrogens with zero attached hydrogens (tertiary/aromatic N) is 2. The fourth-order valence-corrected chi connectivity index (χ4v) is 1.61. The van der Waals surface area contributed by atoms with Gasteiger partial charge in [0.25, 0.3) is 5.91 Å². The molecule has 0 aliphatic rings. The number of aromatic nitrogens is 1. The summed E-state index contributed by atoms with van der Waals surface area (Å²) in [6.07, 6.45) is -0.0502. The number of carbonyl (C=O) groups is 2. The molecule has 0 spiro atoms. The van der Waals surface area contributed by atoms with Crippen LogP contribution < -0.4 is 0 Å². The lowest BCUT2D eigenvalue weighted by molar-refractivity contribution is -0.137. The molecule has 0 aliphatic carbocycles. The first-order chi connectivity index (χ1) is 7.00. The molecule has 15 heavy (non-hydrogen) atoms. The number of hydrogen-bond acceptors (Lipinski definition) is 4. The van der Waals surface area contributed by atoms with Crippen molar-refractivity contribution in [1.29, 1.82) is 0 Å². The minimum atomic E-state index is -0.913. The third kappa shape index (κ3) is 3.32. The minimum Gasteiger partial charge on any atom is -0.481 e. The van der Waals surface area contributed by atoms with Crippen LogP contribution in [0.3, 0.4) is 0 Å². The highest BCUT2D eigenvalue weighted by Gasteiger charge is 2.14. The molecule has 1 heterocycles. The molecule has 82 valence electrons. The molecule has 1 amide bonds. The van der Waals surface area contributed by atoms with Gasteiger partial charge in [0.15, 0.2) is 0 Å². The summed E-state index contributed by atoms with van der Waals surface area (Å²) in [5, 5.41) is 11.0. The Balaban J connectivity index is 2.57. The number of aliphatic carboxylic acids is 1. The van der Waals surface area contributed by atoms with Crippen molar-refractivity contribution in [3.8, 4) is 0 Å². The van der Waals surface area contributed by atoms with E-state index in [1.54, 1.807) is 12.4 Å². The lowest BCUT2D eigenvalue weighted by Gasteiger charge is -2.13. The Labute approximate surface area is 91.4 Å². The van der Waals surface area contributed by atoms with Gasteiger partial charge in [-0.25, -0.2) is 4.98 Å². The van der Waals surface area contributed by atoms with Gasteiger partial charge in [-0.2, -0.15) is 0 Å². The Morgan fingerprint density at radius 2 is 2.27 bits per heavy atom. The Morgan fingerprint density at radius 1 is 1.60 bits per heavy atom. The quantitative estimate of drug-likeness (QED) is 0.834. The molecule has 5 nitrogen and oxygen atoms in total. The van der Waals surface area contributed by atoms with Gasteiger partial charge in [-0.15, -0.1) is 11.3 Å². The first kappa shape index (κ1) is 11.6. The number of amides is 1. The summed E-state index contributed by atoms with van der Waals surface area (Å²) >= 11 is 1.40. The van der Waals surface area contributed by atoms with Crippen molar-refractivity contribution in [1.82, 2.24) is 9.88 Å². The highest BCUT2D eigenvalue weighted by atomic mass is 32.1. The van der Waals surface area contributed by atoms with E-state index < -0.39 is 5.97 Å². The Kier molecular flexibility index (Phi) is 3.79. The van der Waals surface area contributed by atoms with E-state index in [1.807, 2.05) is 6.92 Å². The van der Waals surface area contributed by atoms with Gasteiger partial charge in [0, 0.05) is 19.0 Å². The average molecular weight is 228 g/mol. The average Bonchev–Trinajstić information content (AvgIpc) is 2.60. The molecule has 0 saturated carbocycles. The maximum Gasteiger partial charge on any atom is 0.305 e. The first-order valence-electron chi connectivity index (χ1n) is 4.40. The van der Waals surface area contributed by atoms with E-state index in [2.05, 4.69) is 4.98 Å². The second-order valence-corrected chi connectivity index (χ2v) is 4.18. The molecule has 0 atom stereocenters. The van der Waals surface area contributed by atoms with Crippen LogP contribution in [0.1, 0.15) is 21.9 Å². The van der Waals surface area contributed by atoms with Crippen LogP contribution in [0, 0.1) is 6.92 Å². The smallest absolute Gasteiger partial charge is 0.305 e. The Morgan fingerprint density at radius 3 is 2.73 bits per heavy atom. The van der Waals surface area contributed by atoms with Crippen LogP contribution in [-0.4, -0.2) is 40.5 Å². The minimum absolute atomic E-state index is 0.0502. The van der Waals surface area contributed by atoms with Crippen molar-refractivity contribution in [2.75, 3.05) is 13.6 Å². The fourth-order valence-electron chi connectivity index (χ4n) is 1.02. The Hall–Kier alpha value is -1.43. The summed E-state index contributed by atoms with van der Waals surface area (Å²) in [6, 6.07) is 0. The molecule has 0 radical (unpaired) electrons. The Bertz CT molecular complexity index is 375. The molecule has 0 fully saturated rings. The zero-order chi connectivity index (χ0) is 11.4. The standard InChI is InChI=1S/C9H12N2O3S/c1-6-10-7(5-15-6)9(14)11(2)4-3-8(12)13/h5H,3-4H2,1-2H3,(H,12,13). The number of carboxylic acid groups (broad SMARTS) is 1. The molecule has 0 aliphatic heterocycles. The monoisotopic (exact) mass is 228 g/mol. The van der Waals surface area contributed by atoms with Crippen molar-refractivity contribution in [2.45, 2.75) is 13.3 Å². The van der Waals surface area contributed by atoms with Crippen LogP contribution in [0.2, 0.25) is 0 Å². The van der Waals surface area contributed by atoms with Crippen molar-refractivity contribution in [2.24, 2.45) is 0 Å².